The van der Waals surface area contributed by atoms with Crippen molar-refractivity contribution < 1.29 is 60.2 Å². The van der Waals surface area contributed by atoms with E-state index in [0.29, 0.717) is 4.90 Å². The Kier molecular flexibility index (Phi) is 27.8. The molecule has 1 unspecified atom stereocenters. The maximum Gasteiger partial charge on any atom is 1.00 e. The molecule has 1 rings (SSSR count). The maximum absolute atomic E-state index is 10.3. The summed E-state index contributed by atoms with van der Waals surface area (Å²) in [7, 11) is 0. The monoisotopic (exact) mass is 250 g/mol. The molecule has 15 heavy (non-hydrogen) atoms. The standard InChI is InChI=1S/C7H8O2S.Na.4H2O/c1-6-2-4-7(5-3-6)10(8)9;;;;;/h2-5H,1H3,(H,8,9);;4*1H2/q;+1;;;;/p-1. The Hall–Kier alpha value is 0.170. The first kappa shape index (κ1) is 29.4. The van der Waals surface area contributed by atoms with E-state index in [0.717, 1.165) is 5.56 Å². The molecule has 86 valence electrons. The molecule has 1 atom stereocenters. The molecule has 0 aliphatic carbocycles. The average molecular weight is 250 g/mol. The third kappa shape index (κ3) is 10.5. The van der Waals surface area contributed by atoms with Gasteiger partial charge in [-0.1, -0.05) is 17.7 Å². The number of aryl methyl sites for hydroxylation is 1. The van der Waals surface area contributed by atoms with E-state index in [2.05, 4.69) is 0 Å². The second-order valence-corrected chi connectivity index (χ2v) is 2.99. The van der Waals surface area contributed by atoms with Crippen molar-refractivity contribution in [3.8, 4) is 0 Å². The average Bonchev–Trinajstić information content (AvgIpc) is 1.88. The molecule has 0 fully saturated rings. The molecule has 8 N–H and O–H groups in total. The first-order valence-corrected chi connectivity index (χ1v) is 3.93. The van der Waals surface area contributed by atoms with E-state index in [1.54, 1.807) is 24.3 Å². The van der Waals surface area contributed by atoms with Gasteiger partial charge in [0.15, 0.2) is 0 Å². The molecule has 0 spiro atoms. The molecule has 0 saturated heterocycles. The second-order valence-electron chi connectivity index (χ2n) is 2.05. The van der Waals surface area contributed by atoms with Crippen molar-refractivity contribution in [2.75, 3.05) is 0 Å². The molecule has 0 heterocycles. The molecule has 8 heteroatoms. The Morgan fingerprint density at radius 3 is 1.60 bits per heavy atom. The predicted molar refractivity (Wildman–Crippen MR) is 52.8 cm³/mol. The summed E-state index contributed by atoms with van der Waals surface area (Å²) in [6.07, 6.45) is 0. The van der Waals surface area contributed by atoms with Crippen LogP contribution >= 0.6 is 0 Å². The molecule has 0 radical (unpaired) electrons. The molecule has 1 aromatic rings. The van der Waals surface area contributed by atoms with Crippen LogP contribution in [0.15, 0.2) is 29.2 Å². The first-order chi connectivity index (χ1) is 4.70. The second kappa shape index (κ2) is 14.2. The third-order valence-corrected chi connectivity index (χ3v) is 1.87. The van der Waals surface area contributed by atoms with E-state index in [4.69, 9.17) is 0 Å². The van der Waals surface area contributed by atoms with Gasteiger partial charge < -0.3 is 26.5 Å². The summed E-state index contributed by atoms with van der Waals surface area (Å²) in [4.78, 5) is 0.339. The largest absolute Gasteiger partial charge is 1.00 e. The molecule has 0 saturated carbocycles. The summed E-state index contributed by atoms with van der Waals surface area (Å²) >= 11 is -2.09. The Morgan fingerprint density at radius 2 is 1.33 bits per heavy atom. The fraction of sp³-hybridized carbons (Fsp3) is 0.143. The fourth-order valence-corrected chi connectivity index (χ4v) is 1.01. The molecule has 0 aromatic heterocycles. The first-order valence-electron chi connectivity index (χ1n) is 2.86. The summed E-state index contributed by atoms with van der Waals surface area (Å²) < 4.78 is 20.6. The van der Waals surface area contributed by atoms with Crippen molar-refractivity contribution >= 4 is 11.1 Å². The van der Waals surface area contributed by atoms with E-state index in [-0.39, 0.29) is 51.5 Å². The van der Waals surface area contributed by atoms with Crippen LogP contribution in [0, 0.1) is 6.92 Å². The quantitative estimate of drug-likeness (QED) is 0.359. The molecule has 0 amide bonds. The molecule has 0 aliphatic rings. The van der Waals surface area contributed by atoms with E-state index < -0.39 is 11.1 Å². The van der Waals surface area contributed by atoms with Crippen molar-refractivity contribution in [1.82, 2.24) is 0 Å². The molecular formula is C7H15NaO6S. The van der Waals surface area contributed by atoms with Gasteiger partial charge in [-0.25, -0.2) is 0 Å². The zero-order valence-corrected chi connectivity index (χ0v) is 11.4. The summed E-state index contributed by atoms with van der Waals surface area (Å²) in [5.41, 5.74) is 1.06. The van der Waals surface area contributed by atoms with Gasteiger partial charge in [0.05, 0.1) is 0 Å². The Bertz CT molecular complexity index is 252. The summed E-state index contributed by atoms with van der Waals surface area (Å²) in [6, 6.07) is 6.70. The Labute approximate surface area is 113 Å². The van der Waals surface area contributed by atoms with Crippen LogP contribution in [0.4, 0.5) is 0 Å². The van der Waals surface area contributed by atoms with E-state index in [1.807, 2.05) is 6.92 Å². The SMILES string of the molecule is Cc1ccc(S(=O)[O-])cc1.O.O.O.O.[Na+]. The van der Waals surface area contributed by atoms with Crippen molar-refractivity contribution in [1.29, 1.82) is 0 Å². The minimum absolute atomic E-state index is 0. The van der Waals surface area contributed by atoms with Crippen LogP contribution < -0.4 is 29.6 Å². The van der Waals surface area contributed by atoms with Gasteiger partial charge >= 0.3 is 29.6 Å². The number of hydrogen-bond acceptors (Lipinski definition) is 2. The Morgan fingerprint density at radius 1 is 1.00 bits per heavy atom. The van der Waals surface area contributed by atoms with Gasteiger partial charge in [-0.2, -0.15) is 0 Å². The topological polar surface area (TPSA) is 166 Å². The van der Waals surface area contributed by atoms with Gasteiger partial charge in [0, 0.05) is 4.90 Å². The van der Waals surface area contributed by atoms with Gasteiger partial charge in [-0.05, 0) is 30.1 Å². The molecular weight excluding hydrogens is 235 g/mol. The zero-order chi connectivity index (χ0) is 7.56. The van der Waals surface area contributed by atoms with Crippen LogP contribution in [-0.2, 0) is 11.1 Å². The normalized spacial score (nSPS) is 8.67. The van der Waals surface area contributed by atoms with Crippen molar-refractivity contribution in [2.24, 2.45) is 0 Å². The van der Waals surface area contributed by atoms with E-state index in [1.165, 1.54) is 0 Å². The van der Waals surface area contributed by atoms with Gasteiger partial charge in [0.1, 0.15) is 0 Å². The van der Waals surface area contributed by atoms with Crippen LogP contribution in [0.5, 0.6) is 0 Å². The van der Waals surface area contributed by atoms with E-state index in [9.17, 15) is 8.76 Å². The fourth-order valence-electron chi connectivity index (χ4n) is 0.649. The number of rotatable bonds is 1. The number of hydrogen-bond donors (Lipinski definition) is 0. The molecule has 0 aliphatic heterocycles. The van der Waals surface area contributed by atoms with Crippen LogP contribution in [-0.4, -0.2) is 30.7 Å². The van der Waals surface area contributed by atoms with Crippen LogP contribution in [0.2, 0.25) is 0 Å². The third-order valence-electron chi connectivity index (χ3n) is 1.21. The summed E-state index contributed by atoms with van der Waals surface area (Å²) in [5, 5.41) is 0. The Balaban J connectivity index is -0.0000000667. The van der Waals surface area contributed by atoms with E-state index >= 15 is 0 Å². The molecule has 6 nitrogen and oxygen atoms in total. The maximum atomic E-state index is 10.3. The van der Waals surface area contributed by atoms with Gasteiger partial charge in [0.25, 0.3) is 0 Å². The minimum atomic E-state index is -2.09. The van der Waals surface area contributed by atoms with Crippen LogP contribution in [0.3, 0.4) is 0 Å². The number of benzene rings is 1. The van der Waals surface area contributed by atoms with Gasteiger partial charge in [-0.15, -0.1) is 0 Å². The predicted octanol–water partition coefficient (Wildman–Crippen LogP) is -5.06. The molecule has 1 aromatic carbocycles. The summed E-state index contributed by atoms with van der Waals surface area (Å²) in [6.45, 7) is 1.91. The molecule has 0 bridgehead atoms. The zero-order valence-electron chi connectivity index (χ0n) is 8.53. The van der Waals surface area contributed by atoms with Crippen molar-refractivity contribution in [3.05, 3.63) is 29.8 Å². The summed E-state index contributed by atoms with van der Waals surface area (Å²) in [5.74, 6) is 0. The van der Waals surface area contributed by atoms with Gasteiger partial charge in [0.2, 0.25) is 0 Å². The van der Waals surface area contributed by atoms with Crippen LogP contribution in [0.25, 0.3) is 0 Å². The van der Waals surface area contributed by atoms with Crippen LogP contribution in [0.1, 0.15) is 5.56 Å². The smallest absolute Gasteiger partial charge is 0.768 e. The van der Waals surface area contributed by atoms with Crippen molar-refractivity contribution in [3.63, 3.8) is 0 Å². The van der Waals surface area contributed by atoms with Gasteiger partial charge in [-0.3, -0.25) is 4.21 Å². The minimum Gasteiger partial charge on any atom is -0.768 e. The van der Waals surface area contributed by atoms with Crippen molar-refractivity contribution in [2.45, 2.75) is 11.8 Å².